The number of imide groups is 1. The first-order valence-corrected chi connectivity index (χ1v) is 10.6. The summed E-state index contributed by atoms with van der Waals surface area (Å²) in [6.07, 6.45) is 1.68. The number of methoxy groups -OCH3 is 1. The van der Waals surface area contributed by atoms with Gasteiger partial charge in [-0.3, -0.25) is 9.59 Å². The quantitative estimate of drug-likeness (QED) is 0.419. The van der Waals surface area contributed by atoms with Gasteiger partial charge in [0.05, 0.1) is 17.7 Å². The van der Waals surface area contributed by atoms with Crippen LogP contribution in [0.1, 0.15) is 11.1 Å². The van der Waals surface area contributed by atoms with Gasteiger partial charge in [-0.1, -0.05) is 48.0 Å². The average molecular weight is 452 g/mol. The number of thioether (sulfide) groups is 1. The summed E-state index contributed by atoms with van der Waals surface area (Å²) in [5.41, 5.74) is 2.24. The van der Waals surface area contributed by atoms with Crippen molar-refractivity contribution in [2.45, 2.75) is 6.61 Å². The highest BCUT2D eigenvalue weighted by Gasteiger charge is 2.36. The Hall–Kier alpha value is -3.22. The van der Waals surface area contributed by atoms with E-state index in [4.69, 9.17) is 21.1 Å². The fraction of sp³-hybridized carbons (Fsp3) is 0.0833. The predicted octanol–water partition coefficient (Wildman–Crippen LogP) is 6.17. The minimum atomic E-state index is -0.375. The third-order valence-corrected chi connectivity index (χ3v) is 5.72. The van der Waals surface area contributed by atoms with Crippen LogP contribution < -0.4 is 14.4 Å². The number of anilines is 1. The minimum absolute atomic E-state index is 0.333. The highest BCUT2D eigenvalue weighted by molar-refractivity contribution is 8.19. The molecule has 1 heterocycles. The largest absolute Gasteiger partial charge is 0.493 e. The number of carbonyl (C=O) groups excluding carboxylic acids is 2. The lowest BCUT2D eigenvalue weighted by Gasteiger charge is -2.12. The molecule has 4 rings (SSSR count). The van der Waals surface area contributed by atoms with E-state index < -0.39 is 0 Å². The van der Waals surface area contributed by atoms with Crippen LogP contribution >= 0.6 is 23.4 Å². The molecule has 156 valence electrons. The summed E-state index contributed by atoms with van der Waals surface area (Å²) in [5, 5.41) is 0.181. The maximum absolute atomic E-state index is 12.9. The molecular weight excluding hydrogens is 434 g/mol. The second kappa shape index (κ2) is 9.29. The Morgan fingerprint density at radius 3 is 2.42 bits per heavy atom. The zero-order valence-electron chi connectivity index (χ0n) is 16.6. The molecule has 1 saturated heterocycles. The molecule has 1 aliphatic rings. The zero-order valence-corrected chi connectivity index (χ0v) is 18.2. The van der Waals surface area contributed by atoms with Gasteiger partial charge < -0.3 is 9.47 Å². The number of rotatable bonds is 6. The summed E-state index contributed by atoms with van der Waals surface area (Å²) in [6.45, 7) is 0.383. The molecule has 0 radical (unpaired) electrons. The lowest BCUT2D eigenvalue weighted by Crippen LogP contribution is -2.27. The second-order valence-corrected chi connectivity index (χ2v) is 8.11. The summed E-state index contributed by atoms with van der Waals surface area (Å²) in [4.78, 5) is 26.8. The van der Waals surface area contributed by atoms with Crippen molar-refractivity contribution < 1.29 is 19.1 Å². The Kier molecular flexibility index (Phi) is 6.30. The van der Waals surface area contributed by atoms with E-state index in [1.54, 1.807) is 49.6 Å². The second-order valence-electron chi connectivity index (χ2n) is 6.68. The van der Waals surface area contributed by atoms with Crippen LogP contribution in [0.25, 0.3) is 6.08 Å². The molecule has 0 atom stereocenters. The van der Waals surface area contributed by atoms with Crippen molar-refractivity contribution >= 4 is 46.3 Å². The monoisotopic (exact) mass is 451 g/mol. The zero-order chi connectivity index (χ0) is 21.8. The Labute approximate surface area is 189 Å². The van der Waals surface area contributed by atoms with Gasteiger partial charge >= 0.3 is 0 Å². The van der Waals surface area contributed by atoms with E-state index in [1.807, 2.05) is 36.4 Å². The van der Waals surface area contributed by atoms with Gasteiger partial charge in [-0.25, -0.2) is 4.90 Å². The van der Waals surface area contributed by atoms with Gasteiger partial charge in [-0.2, -0.15) is 0 Å². The number of amides is 2. The van der Waals surface area contributed by atoms with Crippen LogP contribution in [0.4, 0.5) is 10.5 Å². The van der Waals surface area contributed by atoms with E-state index in [9.17, 15) is 9.59 Å². The van der Waals surface area contributed by atoms with Crippen LogP contribution in [0.15, 0.2) is 77.7 Å². The van der Waals surface area contributed by atoms with E-state index >= 15 is 0 Å². The highest BCUT2D eigenvalue weighted by Crippen LogP contribution is 2.37. The minimum Gasteiger partial charge on any atom is -0.493 e. The number of nitrogens with zero attached hydrogens (tertiary/aromatic N) is 1. The molecule has 0 aromatic heterocycles. The van der Waals surface area contributed by atoms with Crippen molar-refractivity contribution in [1.82, 2.24) is 0 Å². The molecule has 0 spiro atoms. The van der Waals surface area contributed by atoms with Crippen molar-refractivity contribution in [3.8, 4) is 11.5 Å². The third kappa shape index (κ3) is 4.76. The molecular formula is C24H18ClNO4S. The van der Waals surface area contributed by atoms with Crippen LogP contribution in [-0.4, -0.2) is 18.3 Å². The van der Waals surface area contributed by atoms with Crippen LogP contribution in [-0.2, 0) is 11.4 Å². The first-order chi connectivity index (χ1) is 15.0. The lowest BCUT2D eigenvalue weighted by atomic mass is 10.1. The van der Waals surface area contributed by atoms with Gasteiger partial charge in [-0.15, -0.1) is 0 Å². The number of halogens is 1. The molecule has 0 N–H and O–H groups in total. The molecule has 5 nitrogen and oxygen atoms in total. The van der Waals surface area contributed by atoms with E-state index in [0.717, 1.165) is 27.8 Å². The first kappa shape index (κ1) is 21.0. The molecule has 3 aromatic carbocycles. The number of carbonyl (C=O) groups is 2. The topological polar surface area (TPSA) is 55.8 Å². The summed E-state index contributed by atoms with van der Waals surface area (Å²) < 4.78 is 11.3. The SMILES string of the molecule is COc1ccc(/C=C2/SC(=O)N(c3ccc(Cl)cc3)C2=O)cc1OCc1ccccc1. The molecule has 7 heteroatoms. The Bertz CT molecular complexity index is 1150. The molecule has 31 heavy (non-hydrogen) atoms. The highest BCUT2D eigenvalue weighted by atomic mass is 35.5. The van der Waals surface area contributed by atoms with Gasteiger partial charge in [0.1, 0.15) is 6.61 Å². The number of hydrogen-bond acceptors (Lipinski definition) is 5. The Morgan fingerprint density at radius 1 is 0.968 bits per heavy atom. The normalized spacial score (nSPS) is 14.9. The van der Waals surface area contributed by atoms with Crippen LogP contribution in [0.3, 0.4) is 0 Å². The standard InChI is InChI=1S/C24H18ClNO4S/c1-29-20-12-7-17(13-21(20)30-15-16-5-3-2-4-6-16)14-22-23(27)26(24(28)31-22)19-10-8-18(25)9-11-19/h2-14H,15H2,1H3/b22-14+. The van der Waals surface area contributed by atoms with E-state index in [1.165, 1.54) is 0 Å². The lowest BCUT2D eigenvalue weighted by molar-refractivity contribution is -0.113. The molecule has 2 amide bonds. The van der Waals surface area contributed by atoms with Crippen LogP contribution in [0.2, 0.25) is 5.02 Å². The molecule has 0 unspecified atom stereocenters. The van der Waals surface area contributed by atoms with E-state index in [2.05, 4.69) is 0 Å². The summed E-state index contributed by atoms with van der Waals surface area (Å²) in [7, 11) is 1.57. The average Bonchev–Trinajstić information content (AvgIpc) is 3.06. The number of hydrogen-bond donors (Lipinski definition) is 0. The molecule has 0 aliphatic carbocycles. The van der Waals surface area contributed by atoms with Gasteiger partial charge in [-0.05, 0) is 65.4 Å². The van der Waals surface area contributed by atoms with Crippen LogP contribution in [0.5, 0.6) is 11.5 Å². The molecule has 0 saturated carbocycles. The van der Waals surface area contributed by atoms with Gasteiger partial charge in [0, 0.05) is 5.02 Å². The molecule has 3 aromatic rings. The molecule has 1 fully saturated rings. The smallest absolute Gasteiger partial charge is 0.298 e. The Morgan fingerprint density at radius 2 is 1.71 bits per heavy atom. The van der Waals surface area contributed by atoms with E-state index in [-0.39, 0.29) is 11.1 Å². The fourth-order valence-electron chi connectivity index (χ4n) is 3.06. The maximum atomic E-state index is 12.9. The fourth-order valence-corrected chi connectivity index (χ4v) is 4.03. The molecule has 0 bridgehead atoms. The number of ether oxygens (including phenoxy) is 2. The van der Waals surface area contributed by atoms with Crippen molar-refractivity contribution in [2.24, 2.45) is 0 Å². The van der Waals surface area contributed by atoms with Gasteiger partial charge in [0.15, 0.2) is 11.5 Å². The van der Waals surface area contributed by atoms with Crippen molar-refractivity contribution in [2.75, 3.05) is 12.0 Å². The Balaban J connectivity index is 1.57. The summed E-state index contributed by atoms with van der Waals surface area (Å²) in [5.74, 6) is 0.763. The van der Waals surface area contributed by atoms with Crippen molar-refractivity contribution in [3.05, 3.63) is 93.9 Å². The van der Waals surface area contributed by atoms with E-state index in [0.29, 0.717) is 33.7 Å². The maximum Gasteiger partial charge on any atom is 0.298 e. The predicted molar refractivity (Wildman–Crippen MR) is 124 cm³/mol. The van der Waals surface area contributed by atoms with Gasteiger partial charge in [0.25, 0.3) is 11.1 Å². The van der Waals surface area contributed by atoms with Crippen molar-refractivity contribution in [1.29, 1.82) is 0 Å². The molecule has 1 aliphatic heterocycles. The number of benzene rings is 3. The van der Waals surface area contributed by atoms with Crippen molar-refractivity contribution in [3.63, 3.8) is 0 Å². The summed E-state index contributed by atoms with van der Waals surface area (Å²) >= 11 is 6.80. The first-order valence-electron chi connectivity index (χ1n) is 9.43. The summed E-state index contributed by atoms with van der Waals surface area (Å²) in [6, 6.07) is 21.7. The third-order valence-electron chi connectivity index (χ3n) is 4.60. The van der Waals surface area contributed by atoms with Gasteiger partial charge in [0.2, 0.25) is 0 Å². The van der Waals surface area contributed by atoms with Crippen LogP contribution in [0, 0.1) is 0 Å².